The summed E-state index contributed by atoms with van der Waals surface area (Å²) < 4.78 is 0. The molecular weight excluding hydrogens is 316 g/mol. The lowest BCUT2D eigenvalue weighted by atomic mass is 9.89. The molecule has 1 atom stereocenters. The van der Waals surface area contributed by atoms with Gasteiger partial charge in [-0.2, -0.15) is 0 Å². The Bertz CT molecular complexity index is 586. The number of aliphatic hydroxyl groups excluding tert-OH is 1. The molecule has 1 aliphatic carbocycles. The molecule has 25 heavy (non-hydrogen) atoms. The molecule has 3 N–H and O–H groups in total. The van der Waals surface area contributed by atoms with Crippen LogP contribution in [0.4, 0.5) is 0 Å². The van der Waals surface area contributed by atoms with Crippen LogP contribution in [0.5, 0.6) is 0 Å². The van der Waals surface area contributed by atoms with Gasteiger partial charge in [-0.3, -0.25) is 9.59 Å². The molecule has 0 radical (unpaired) electrons. The minimum Gasteiger partial charge on any atom is -0.396 e. The maximum absolute atomic E-state index is 12.1. The number of carbonyl (C=O) groups is 2. The van der Waals surface area contributed by atoms with Crippen molar-refractivity contribution in [1.29, 1.82) is 0 Å². The van der Waals surface area contributed by atoms with Crippen LogP contribution in [0.2, 0.25) is 0 Å². The van der Waals surface area contributed by atoms with E-state index in [2.05, 4.69) is 28.8 Å². The molecule has 5 heteroatoms. The van der Waals surface area contributed by atoms with Gasteiger partial charge in [0, 0.05) is 13.2 Å². The molecule has 2 rings (SSSR count). The number of fused-ring (bicyclic) bond motifs is 1. The fourth-order valence-corrected chi connectivity index (χ4v) is 3.31. The van der Waals surface area contributed by atoms with Gasteiger partial charge in [-0.1, -0.05) is 25.1 Å². The summed E-state index contributed by atoms with van der Waals surface area (Å²) in [6.07, 6.45) is 7.77. The molecule has 1 aliphatic rings. The van der Waals surface area contributed by atoms with Crippen LogP contribution >= 0.6 is 0 Å². The normalized spacial score (nSPS) is 14.5. The minimum atomic E-state index is -0.583. The average Bonchev–Trinajstić information content (AvgIpc) is 2.65. The largest absolute Gasteiger partial charge is 0.396 e. The van der Waals surface area contributed by atoms with Crippen molar-refractivity contribution in [3.8, 4) is 0 Å². The van der Waals surface area contributed by atoms with Crippen molar-refractivity contribution < 1.29 is 14.7 Å². The van der Waals surface area contributed by atoms with Crippen molar-refractivity contribution in [3.05, 3.63) is 34.9 Å². The molecular formula is C20H30N2O3. The highest BCUT2D eigenvalue weighted by Crippen LogP contribution is 2.26. The third-order valence-corrected chi connectivity index (χ3v) is 4.82. The summed E-state index contributed by atoms with van der Waals surface area (Å²) >= 11 is 0. The Hall–Kier alpha value is -1.88. The molecule has 1 aromatic rings. The molecule has 0 heterocycles. The number of rotatable bonds is 8. The topological polar surface area (TPSA) is 78.4 Å². The number of hydrogen-bond donors (Lipinski definition) is 3. The molecule has 0 saturated carbocycles. The van der Waals surface area contributed by atoms with Crippen LogP contribution in [0.15, 0.2) is 18.2 Å². The summed E-state index contributed by atoms with van der Waals surface area (Å²) in [6, 6.07) is 6.29. The molecule has 0 aliphatic heterocycles. The van der Waals surface area contributed by atoms with Crippen molar-refractivity contribution in [1.82, 2.24) is 10.6 Å². The van der Waals surface area contributed by atoms with Crippen molar-refractivity contribution >= 4 is 11.8 Å². The lowest BCUT2D eigenvalue weighted by Crippen LogP contribution is -2.41. The average molecular weight is 346 g/mol. The van der Waals surface area contributed by atoms with Gasteiger partial charge in [0.15, 0.2) is 0 Å². The molecule has 0 saturated heterocycles. The lowest BCUT2D eigenvalue weighted by molar-refractivity contribution is -0.139. The van der Waals surface area contributed by atoms with Crippen LogP contribution < -0.4 is 10.6 Å². The van der Waals surface area contributed by atoms with E-state index in [1.165, 1.54) is 24.0 Å². The van der Waals surface area contributed by atoms with Crippen LogP contribution in [0.25, 0.3) is 0 Å². The van der Waals surface area contributed by atoms with Gasteiger partial charge in [0.1, 0.15) is 0 Å². The fraction of sp³-hybridized carbons (Fsp3) is 0.600. The standard InChI is InChI=1S/C20H30N2O3/c1-2-18(17-11-10-15-8-4-5-9-16(15)14-17)22-20(25)19(24)21-12-6-3-7-13-23/h10-11,14,18,23H,2-9,12-13H2,1H3,(H,21,24)(H,22,25). The second kappa shape index (κ2) is 10.2. The van der Waals surface area contributed by atoms with Gasteiger partial charge in [-0.05, 0) is 68.1 Å². The Labute approximate surface area is 150 Å². The highest BCUT2D eigenvalue weighted by atomic mass is 16.3. The van der Waals surface area contributed by atoms with Crippen molar-refractivity contribution in [2.75, 3.05) is 13.2 Å². The van der Waals surface area contributed by atoms with E-state index in [4.69, 9.17) is 5.11 Å². The fourth-order valence-electron chi connectivity index (χ4n) is 3.31. The molecule has 1 aromatic carbocycles. The Morgan fingerprint density at radius 3 is 2.56 bits per heavy atom. The molecule has 0 spiro atoms. The Kier molecular flexibility index (Phi) is 7.92. The number of hydrogen-bond acceptors (Lipinski definition) is 3. The van der Waals surface area contributed by atoms with Crippen LogP contribution in [-0.2, 0) is 22.4 Å². The monoisotopic (exact) mass is 346 g/mol. The second-order valence-corrected chi connectivity index (χ2v) is 6.71. The Balaban J connectivity index is 1.88. The summed E-state index contributed by atoms with van der Waals surface area (Å²) in [6.45, 7) is 2.63. The van der Waals surface area contributed by atoms with Gasteiger partial charge >= 0.3 is 11.8 Å². The SMILES string of the molecule is CCC(NC(=O)C(=O)NCCCCCO)c1ccc2c(c1)CCCC2. The summed E-state index contributed by atoms with van der Waals surface area (Å²) in [5.74, 6) is -1.16. The zero-order chi connectivity index (χ0) is 18.1. The number of benzene rings is 1. The van der Waals surface area contributed by atoms with Crippen molar-refractivity contribution in [2.24, 2.45) is 0 Å². The number of unbranched alkanes of at least 4 members (excludes halogenated alkanes) is 2. The maximum Gasteiger partial charge on any atom is 0.309 e. The van der Waals surface area contributed by atoms with E-state index in [0.717, 1.165) is 44.1 Å². The van der Waals surface area contributed by atoms with Crippen molar-refractivity contribution in [2.45, 2.75) is 64.3 Å². The first-order valence-corrected chi connectivity index (χ1v) is 9.47. The predicted octanol–water partition coefficient (Wildman–Crippen LogP) is 2.41. The first kappa shape index (κ1) is 19.4. The number of carbonyl (C=O) groups excluding carboxylic acids is 2. The van der Waals surface area contributed by atoms with E-state index in [1.54, 1.807) is 0 Å². The van der Waals surface area contributed by atoms with Gasteiger partial charge in [-0.15, -0.1) is 0 Å². The van der Waals surface area contributed by atoms with E-state index in [9.17, 15) is 9.59 Å². The summed E-state index contributed by atoms with van der Waals surface area (Å²) in [5, 5.41) is 14.2. The Morgan fingerprint density at radius 2 is 1.84 bits per heavy atom. The quantitative estimate of drug-likeness (QED) is 0.500. The lowest BCUT2D eigenvalue weighted by Gasteiger charge is -2.21. The zero-order valence-corrected chi connectivity index (χ0v) is 15.1. The van der Waals surface area contributed by atoms with E-state index in [0.29, 0.717) is 6.54 Å². The van der Waals surface area contributed by atoms with E-state index >= 15 is 0 Å². The first-order valence-electron chi connectivity index (χ1n) is 9.47. The molecule has 5 nitrogen and oxygen atoms in total. The molecule has 1 unspecified atom stereocenters. The minimum absolute atomic E-state index is 0.139. The predicted molar refractivity (Wildman–Crippen MR) is 98.2 cm³/mol. The van der Waals surface area contributed by atoms with E-state index in [-0.39, 0.29) is 12.6 Å². The molecule has 0 aromatic heterocycles. The highest BCUT2D eigenvalue weighted by molar-refractivity contribution is 6.35. The number of aryl methyl sites for hydroxylation is 2. The first-order chi connectivity index (χ1) is 12.2. The smallest absolute Gasteiger partial charge is 0.309 e. The van der Waals surface area contributed by atoms with Crippen LogP contribution in [0.3, 0.4) is 0 Å². The van der Waals surface area contributed by atoms with E-state index < -0.39 is 11.8 Å². The van der Waals surface area contributed by atoms with Crippen LogP contribution in [0, 0.1) is 0 Å². The number of amides is 2. The number of aliphatic hydroxyl groups is 1. The van der Waals surface area contributed by atoms with Crippen molar-refractivity contribution in [3.63, 3.8) is 0 Å². The van der Waals surface area contributed by atoms with Crippen LogP contribution in [0.1, 0.15) is 68.2 Å². The summed E-state index contributed by atoms with van der Waals surface area (Å²) in [4.78, 5) is 24.0. The van der Waals surface area contributed by atoms with E-state index in [1.807, 2.05) is 6.92 Å². The molecule has 2 amide bonds. The Morgan fingerprint density at radius 1 is 1.08 bits per heavy atom. The van der Waals surface area contributed by atoms with Gasteiger partial charge in [0.05, 0.1) is 6.04 Å². The number of nitrogens with one attached hydrogen (secondary N) is 2. The molecule has 138 valence electrons. The summed E-state index contributed by atoms with van der Waals surface area (Å²) in [5.41, 5.74) is 3.87. The molecule has 0 bridgehead atoms. The van der Waals surface area contributed by atoms with Gasteiger partial charge in [0.25, 0.3) is 0 Å². The summed E-state index contributed by atoms with van der Waals surface area (Å²) in [7, 11) is 0. The third kappa shape index (κ3) is 5.85. The third-order valence-electron chi connectivity index (χ3n) is 4.82. The van der Waals surface area contributed by atoms with Gasteiger partial charge < -0.3 is 15.7 Å². The maximum atomic E-state index is 12.1. The van der Waals surface area contributed by atoms with Gasteiger partial charge in [0.2, 0.25) is 0 Å². The second-order valence-electron chi connectivity index (χ2n) is 6.71. The van der Waals surface area contributed by atoms with Crippen LogP contribution in [-0.4, -0.2) is 30.1 Å². The van der Waals surface area contributed by atoms with Gasteiger partial charge in [-0.25, -0.2) is 0 Å². The highest BCUT2D eigenvalue weighted by Gasteiger charge is 2.19. The molecule has 0 fully saturated rings. The zero-order valence-electron chi connectivity index (χ0n) is 15.1.